The van der Waals surface area contributed by atoms with Gasteiger partial charge in [0.15, 0.2) is 0 Å². The largest absolute Gasteiger partial charge is 0.501 e. The smallest absolute Gasteiger partial charge is 0.374 e. The molecule has 108 valence electrons. The zero-order chi connectivity index (χ0) is 14.1. The molecule has 0 N–H and O–H groups in total. The molecule has 0 fully saturated rings. The first-order valence-electron chi connectivity index (χ1n) is 6.82. The second-order valence-electron chi connectivity index (χ2n) is 4.07. The van der Waals surface area contributed by atoms with Crippen molar-refractivity contribution in [3.8, 4) is 0 Å². The summed E-state index contributed by atoms with van der Waals surface area (Å²) in [6, 6.07) is 8.62. The van der Waals surface area contributed by atoms with Crippen LogP contribution in [0.15, 0.2) is 24.3 Å². The maximum atomic E-state index is 6.18. The van der Waals surface area contributed by atoms with Crippen LogP contribution in [0.3, 0.4) is 0 Å². The number of hydrogen-bond donors (Lipinski definition) is 0. The van der Waals surface area contributed by atoms with Crippen LogP contribution in [0.2, 0.25) is 11.1 Å². The highest BCUT2D eigenvalue weighted by Gasteiger charge is 2.39. The lowest BCUT2D eigenvalue weighted by atomic mass is 10.2. The summed E-state index contributed by atoms with van der Waals surface area (Å²) in [5.41, 5.74) is 1.11. The third-order valence-corrected chi connectivity index (χ3v) is 6.17. The minimum atomic E-state index is -2.56. The van der Waals surface area contributed by atoms with E-state index >= 15 is 0 Å². The first-order chi connectivity index (χ1) is 9.17. The van der Waals surface area contributed by atoms with Crippen molar-refractivity contribution in [3.05, 3.63) is 34.9 Å². The summed E-state index contributed by atoms with van der Waals surface area (Å²) >= 11 is 6.18. The zero-order valence-electron chi connectivity index (χ0n) is 11.9. The van der Waals surface area contributed by atoms with E-state index in [9.17, 15) is 0 Å². The van der Waals surface area contributed by atoms with Crippen molar-refractivity contribution in [2.45, 2.75) is 33.2 Å². The van der Waals surface area contributed by atoms with Crippen LogP contribution >= 0.6 is 11.6 Å². The predicted octanol–water partition coefficient (Wildman–Crippen LogP) is 3.93. The van der Waals surface area contributed by atoms with E-state index < -0.39 is 8.80 Å². The molecule has 0 aliphatic heterocycles. The average Bonchev–Trinajstić information content (AvgIpc) is 2.39. The van der Waals surface area contributed by atoms with E-state index in [1.807, 2.05) is 45.0 Å². The summed E-state index contributed by atoms with van der Waals surface area (Å²) < 4.78 is 17.5. The molecule has 0 aliphatic carbocycles. The Balaban J connectivity index is 2.73. The molecular formula is C14H23ClO3Si. The van der Waals surface area contributed by atoms with Gasteiger partial charge in [-0.25, -0.2) is 0 Å². The number of benzene rings is 1. The molecule has 0 unspecified atom stereocenters. The molecular weight excluding hydrogens is 280 g/mol. The van der Waals surface area contributed by atoms with Gasteiger partial charge >= 0.3 is 8.80 Å². The van der Waals surface area contributed by atoms with Crippen LogP contribution < -0.4 is 0 Å². The lowest BCUT2D eigenvalue weighted by Gasteiger charge is -2.28. The minimum absolute atomic E-state index is 0.606. The van der Waals surface area contributed by atoms with Crippen LogP contribution in [0.25, 0.3) is 0 Å². The van der Waals surface area contributed by atoms with Crippen LogP contribution in [0.4, 0.5) is 0 Å². The molecule has 5 heteroatoms. The van der Waals surface area contributed by atoms with Crippen molar-refractivity contribution in [3.63, 3.8) is 0 Å². The molecule has 0 spiro atoms. The van der Waals surface area contributed by atoms with Gasteiger partial charge in [-0.05, 0) is 38.8 Å². The first kappa shape index (κ1) is 16.7. The van der Waals surface area contributed by atoms with Crippen molar-refractivity contribution in [1.82, 2.24) is 0 Å². The highest BCUT2D eigenvalue weighted by Crippen LogP contribution is 2.23. The van der Waals surface area contributed by atoms with Crippen LogP contribution in [0.1, 0.15) is 26.3 Å². The quantitative estimate of drug-likeness (QED) is 0.647. The molecule has 0 saturated heterocycles. The maximum absolute atomic E-state index is 6.18. The van der Waals surface area contributed by atoms with Crippen LogP contribution in [0, 0.1) is 0 Å². The summed E-state index contributed by atoms with van der Waals surface area (Å²) in [5, 5.41) is 0.787. The predicted molar refractivity (Wildman–Crippen MR) is 80.6 cm³/mol. The van der Waals surface area contributed by atoms with Crippen molar-refractivity contribution < 1.29 is 13.3 Å². The van der Waals surface area contributed by atoms with Crippen LogP contribution in [0.5, 0.6) is 0 Å². The van der Waals surface area contributed by atoms with E-state index in [-0.39, 0.29) is 0 Å². The molecule has 0 aliphatic rings. The Morgan fingerprint density at radius 2 is 1.47 bits per heavy atom. The summed E-state index contributed by atoms with van der Waals surface area (Å²) in [4.78, 5) is 0. The van der Waals surface area contributed by atoms with Crippen molar-refractivity contribution in [2.75, 3.05) is 19.8 Å². The van der Waals surface area contributed by atoms with Gasteiger partial charge < -0.3 is 13.3 Å². The van der Waals surface area contributed by atoms with Gasteiger partial charge in [0.1, 0.15) is 0 Å². The molecule has 1 aromatic rings. The van der Waals surface area contributed by atoms with E-state index in [0.29, 0.717) is 19.8 Å². The molecule has 0 aromatic heterocycles. The van der Waals surface area contributed by atoms with E-state index in [1.165, 1.54) is 0 Å². The molecule has 0 atom stereocenters. The summed E-state index contributed by atoms with van der Waals surface area (Å²) in [6.45, 7) is 7.72. The van der Waals surface area contributed by atoms with Crippen molar-refractivity contribution in [2.24, 2.45) is 0 Å². The second-order valence-corrected chi connectivity index (χ2v) is 7.21. The van der Waals surface area contributed by atoms with Crippen molar-refractivity contribution >= 4 is 20.4 Å². The van der Waals surface area contributed by atoms with Gasteiger partial charge in [0.25, 0.3) is 0 Å². The first-order valence-corrected chi connectivity index (χ1v) is 9.13. The average molecular weight is 303 g/mol. The standard InChI is InChI=1S/C14H23ClO3Si/c1-4-16-19(17-5-2,18-6-3)12-11-13-9-7-8-10-14(13)15/h7-10H,4-6,11-12H2,1-3H3. The monoisotopic (exact) mass is 302 g/mol. The molecule has 19 heavy (non-hydrogen) atoms. The Morgan fingerprint density at radius 1 is 0.947 bits per heavy atom. The Kier molecular flexibility index (Phi) is 7.64. The van der Waals surface area contributed by atoms with Gasteiger partial charge in [-0.1, -0.05) is 29.8 Å². The summed E-state index contributed by atoms with van der Waals surface area (Å²) in [7, 11) is -2.56. The fraction of sp³-hybridized carbons (Fsp3) is 0.571. The Bertz CT molecular complexity index is 356. The normalized spacial score (nSPS) is 11.8. The molecule has 0 saturated carbocycles. The lowest BCUT2D eigenvalue weighted by molar-refractivity contribution is 0.0714. The van der Waals surface area contributed by atoms with E-state index in [4.69, 9.17) is 24.9 Å². The fourth-order valence-electron chi connectivity index (χ4n) is 1.99. The van der Waals surface area contributed by atoms with Gasteiger partial charge in [0.05, 0.1) is 0 Å². The van der Waals surface area contributed by atoms with Gasteiger partial charge in [-0.2, -0.15) is 0 Å². The molecule has 1 aromatic carbocycles. The number of rotatable bonds is 9. The minimum Gasteiger partial charge on any atom is -0.374 e. The summed E-state index contributed by atoms with van der Waals surface area (Å²) in [6.07, 6.45) is 0.811. The number of halogens is 1. The van der Waals surface area contributed by atoms with Crippen LogP contribution in [-0.4, -0.2) is 28.6 Å². The molecule has 0 bridgehead atoms. The van der Waals surface area contributed by atoms with Gasteiger partial charge in [-0.3, -0.25) is 0 Å². The Labute approximate surface area is 122 Å². The Morgan fingerprint density at radius 3 is 1.95 bits per heavy atom. The topological polar surface area (TPSA) is 27.7 Å². The molecule has 1 rings (SSSR count). The molecule has 0 radical (unpaired) electrons. The second kappa shape index (κ2) is 8.71. The molecule has 0 amide bonds. The van der Waals surface area contributed by atoms with Gasteiger partial charge in [-0.15, -0.1) is 0 Å². The zero-order valence-corrected chi connectivity index (χ0v) is 13.7. The highest BCUT2D eigenvalue weighted by atomic mass is 35.5. The molecule has 3 nitrogen and oxygen atoms in total. The number of hydrogen-bond acceptors (Lipinski definition) is 3. The van der Waals surface area contributed by atoms with E-state index in [2.05, 4.69) is 0 Å². The lowest BCUT2D eigenvalue weighted by Crippen LogP contribution is -2.46. The highest BCUT2D eigenvalue weighted by molar-refractivity contribution is 6.60. The Hall–Kier alpha value is -0.393. The third-order valence-electron chi connectivity index (χ3n) is 2.75. The number of aryl methyl sites for hydroxylation is 1. The maximum Gasteiger partial charge on any atom is 0.501 e. The third kappa shape index (κ3) is 5.24. The molecule has 0 heterocycles. The van der Waals surface area contributed by atoms with E-state index in [0.717, 1.165) is 23.1 Å². The van der Waals surface area contributed by atoms with Crippen LogP contribution in [-0.2, 0) is 19.7 Å². The van der Waals surface area contributed by atoms with Crippen molar-refractivity contribution in [1.29, 1.82) is 0 Å². The van der Waals surface area contributed by atoms with Gasteiger partial charge in [0, 0.05) is 30.9 Å². The van der Waals surface area contributed by atoms with Gasteiger partial charge in [0.2, 0.25) is 0 Å². The summed E-state index contributed by atoms with van der Waals surface area (Å²) in [5.74, 6) is 0. The van der Waals surface area contributed by atoms with E-state index in [1.54, 1.807) is 0 Å². The fourth-order valence-corrected chi connectivity index (χ4v) is 4.80. The SMILES string of the molecule is CCO[Si](CCc1ccccc1Cl)(OCC)OCC.